The summed E-state index contributed by atoms with van der Waals surface area (Å²) in [6.07, 6.45) is 0.571. The average molecular weight is 453 g/mol. The predicted molar refractivity (Wildman–Crippen MR) is 130 cm³/mol. The SMILES string of the molecule is CCC(c1nc2ccccc2c(=O)n1-c1ccc(F)cc1)N(CCN(C)C)C(=O)C(C)(C)C. The molecular weight excluding hydrogens is 419 g/mol. The van der Waals surface area contributed by atoms with E-state index in [1.54, 1.807) is 30.3 Å². The Morgan fingerprint density at radius 1 is 1.06 bits per heavy atom. The third kappa shape index (κ3) is 5.30. The van der Waals surface area contributed by atoms with E-state index >= 15 is 0 Å². The van der Waals surface area contributed by atoms with E-state index in [0.717, 1.165) is 0 Å². The Morgan fingerprint density at radius 3 is 2.27 bits per heavy atom. The first-order valence-electron chi connectivity index (χ1n) is 11.3. The van der Waals surface area contributed by atoms with E-state index in [-0.39, 0.29) is 17.3 Å². The van der Waals surface area contributed by atoms with Gasteiger partial charge in [-0.2, -0.15) is 0 Å². The van der Waals surface area contributed by atoms with Gasteiger partial charge in [0.05, 0.1) is 22.6 Å². The van der Waals surface area contributed by atoms with Gasteiger partial charge in [-0.25, -0.2) is 9.37 Å². The maximum absolute atomic E-state index is 13.7. The lowest BCUT2D eigenvalue weighted by atomic mass is 9.93. The molecule has 1 aromatic heterocycles. The quantitative estimate of drug-likeness (QED) is 0.533. The third-order valence-electron chi connectivity index (χ3n) is 5.64. The second-order valence-corrected chi connectivity index (χ2v) is 9.58. The molecule has 1 unspecified atom stereocenters. The summed E-state index contributed by atoms with van der Waals surface area (Å²) in [6.45, 7) is 8.84. The van der Waals surface area contributed by atoms with Crippen LogP contribution in [0.25, 0.3) is 16.6 Å². The van der Waals surface area contributed by atoms with Crippen LogP contribution in [-0.4, -0.2) is 52.4 Å². The Hall–Kier alpha value is -3.06. The maximum atomic E-state index is 13.7. The fourth-order valence-electron chi connectivity index (χ4n) is 3.89. The number of fused-ring (bicyclic) bond motifs is 1. The number of carbonyl (C=O) groups excluding carboxylic acids is 1. The molecule has 0 fully saturated rings. The topological polar surface area (TPSA) is 58.4 Å². The van der Waals surface area contributed by atoms with Crippen LogP contribution in [0.2, 0.25) is 0 Å². The zero-order chi connectivity index (χ0) is 24.3. The van der Waals surface area contributed by atoms with Gasteiger partial charge in [-0.15, -0.1) is 0 Å². The van der Waals surface area contributed by atoms with Crippen molar-refractivity contribution in [2.75, 3.05) is 27.2 Å². The van der Waals surface area contributed by atoms with Gasteiger partial charge in [0.1, 0.15) is 11.6 Å². The van der Waals surface area contributed by atoms with Gasteiger partial charge in [-0.05, 0) is 56.9 Å². The van der Waals surface area contributed by atoms with Crippen molar-refractivity contribution in [2.24, 2.45) is 5.41 Å². The van der Waals surface area contributed by atoms with E-state index in [4.69, 9.17) is 4.98 Å². The highest BCUT2D eigenvalue weighted by Gasteiger charge is 2.34. The highest BCUT2D eigenvalue weighted by Crippen LogP contribution is 2.30. The first kappa shape index (κ1) is 24.6. The summed E-state index contributed by atoms with van der Waals surface area (Å²) in [4.78, 5) is 35.9. The second-order valence-electron chi connectivity index (χ2n) is 9.58. The van der Waals surface area contributed by atoms with Gasteiger partial charge in [0.15, 0.2) is 0 Å². The molecule has 6 nitrogen and oxygen atoms in total. The van der Waals surface area contributed by atoms with Crippen LogP contribution in [0.5, 0.6) is 0 Å². The van der Waals surface area contributed by atoms with Crippen LogP contribution >= 0.6 is 0 Å². The zero-order valence-electron chi connectivity index (χ0n) is 20.3. The molecule has 1 atom stereocenters. The van der Waals surface area contributed by atoms with Crippen LogP contribution in [0.15, 0.2) is 53.3 Å². The minimum absolute atomic E-state index is 0.00994. The first-order chi connectivity index (χ1) is 15.5. The minimum Gasteiger partial charge on any atom is -0.331 e. The molecule has 0 spiro atoms. The molecule has 0 N–H and O–H groups in total. The number of likely N-dealkylation sites (N-methyl/N-ethyl adjacent to an activating group) is 1. The Labute approximate surface area is 194 Å². The van der Waals surface area contributed by atoms with Crippen molar-refractivity contribution in [1.29, 1.82) is 0 Å². The lowest BCUT2D eigenvalue weighted by Gasteiger charge is -2.37. The smallest absolute Gasteiger partial charge is 0.266 e. The molecule has 0 saturated carbocycles. The Bertz CT molecular complexity index is 1180. The van der Waals surface area contributed by atoms with E-state index in [2.05, 4.69) is 0 Å². The summed E-state index contributed by atoms with van der Waals surface area (Å²) in [7, 11) is 3.92. The Kier molecular flexibility index (Phi) is 7.32. The fourth-order valence-corrected chi connectivity index (χ4v) is 3.89. The highest BCUT2D eigenvalue weighted by atomic mass is 19.1. The zero-order valence-corrected chi connectivity index (χ0v) is 20.3. The van der Waals surface area contributed by atoms with Crippen molar-refractivity contribution in [3.63, 3.8) is 0 Å². The number of hydrogen-bond acceptors (Lipinski definition) is 4. The van der Waals surface area contributed by atoms with E-state index in [0.29, 0.717) is 41.9 Å². The molecule has 3 rings (SSSR count). The molecule has 2 aromatic carbocycles. The largest absolute Gasteiger partial charge is 0.331 e. The van der Waals surface area contributed by atoms with Crippen molar-refractivity contribution in [3.8, 4) is 5.69 Å². The molecule has 7 heteroatoms. The van der Waals surface area contributed by atoms with Gasteiger partial charge >= 0.3 is 0 Å². The molecule has 1 amide bonds. The van der Waals surface area contributed by atoms with Gasteiger partial charge < -0.3 is 9.80 Å². The number of amides is 1. The van der Waals surface area contributed by atoms with Crippen LogP contribution in [0.3, 0.4) is 0 Å². The second kappa shape index (κ2) is 9.83. The molecule has 0 aliphatic carbocycles. The van der Waals surface area contributed by atoms with Gasteiger partial charge in [0.2, 0.25) is 5.91 Å². The van der Waals surface area contributed by atoms with Crippen molar-refractivity contribution < 1.29 is 9.18 Å². The number of aromatic nitrogens is 2. The minimum atomic E-state index is -0.600. The van der Waals surface area contributed by atoms with Crippen molar-refractivity contribution in [1.82, 2.24) is 19.4 Å². The van der Waals surface area contributed by atoms with Crippen LogP contribution < -0.4 is 5.56 Å². The summed E-state index contributed by atoms with van der Waals surface area (Å²) in [5.41, 5.74) is 0.253. The monoisotopic (exact) mass is 452 g/mol. The summed E-state index contributed by atoms with van der Waals surface area (Å²) in [5.74, 6) is 0.0816. The Morgan fingerprint density at radius 2 is 1.70 bits per heavy atom. The number of hydrogen-bond donors (Lipinski definition) is 0. The summed E-state index contributed by atoms with van der Waals surface area (Å²) < 4.78 is 15.2. The molecule has 176 valence electrons. The molecular formula is C26H33FN4O2. The fraction of sp³-hybridized carbons (Fsp3) is 0.423. The molecule has 0 aliphatic rings. The van der Waals surface area contributed by atoms with Gasteiger partial charge in [-0.1, -0.05) is 39.8 Å². The molecule has 33 heavy (non-hydrogen) atoms. The van der Waals surface area contributed by atoms with Crippen molar-refractivity contribution >= 4 is 16.8 Å². The highest BCUT2D eigenvalue weighted by molar-refractivity contribution is 5.82. The standard InChI is InChI=1S/C26H33FN4O2/c1-7-22(30(17-16-29(5)6)25(33)26(2,3)4)23-28-21-11-9-8-10-20(21)24(32)31(23)19-14-12-18(27)13-15-19/h8-15,22H,7,16-17H2,1-6H3. The van der Waals surface area contributed by atoms with Crippen molar-refractivity contribution in [3.05, 3.63) is 70.5 Å². The summed E-state index contributed by atoms with van der Waals surface area (Å²) in [6, 6.07) is 12.5. The molecule has 0 bridgehead atoms. The summed E-state index contributed by atoms with van der Waals surface area (Å²) in [5, 5.41) is 0.474. The molecule has 0 saturated heterocycles. The molecule has 0 aliphatic heterocycles. The van der Waals surface area contributed by atoms with Crippen LogP contribution in [0.1, 0.15) is 46.0 Å². The molecule has 1 heterocycles. The van der Waals surface area contributed by atoms with E-state index in [1.807, 2.05) is 57.7 Å². The number of nitrogens with zero attached hydrogens (tertiary/aromatic N) is 4. The number of benzene rings is 2. The van der Waals surface area contributed by atoms with Crippen LogP contribution in [0.4, 0.5) is 4.39 Å². The number of para-hydroxylation sites is 1. The number of rotatable bonds is 7. The van der Waals surface area contributed by atoms with Gasteiger partial charge in [0.25, 0.3) is 5.56 Å². The number of halogens is 1. The lowest BCUT2D eigenvalue weighted by Crippen LogP contribution is -2.46. The average Bonchev–Trinajstić information content (AvgIpc) is 2.76. The van der Waals surface area contributed by atoms with Crippen LogP contribution in [0, 0.1) is 11.2 Å². The van der Waals surface area contributed by atoms with Gasteiger partial charge in [0, 0.05) is 18.5 Å². The maximum Gasteiger partial charge on any atom is 0.266 e. The first-order valence-corrected chi connectivity index (χ1v) is 11.3. The third-order valence-corrected chi connectivity index (χ3v) is 5.64. The van der Waals surface area contributed by atoms with E-state index in [1.165, 1.54) is 16.7 Å². The lowest BCUT2D eigenvalue weighted by molar-refractivity contribution is -0.142. The predicted octanol–water partition coefficient (Wildman–Crippen LogP) is 4.41. The molecule has 3 aromatic rings. The summed E-state index contributed by atoms with van der Waals surface area (Å²) >= 11 is 0. The van der Waals surface area contributed by atoms with Gasteiger partial charge in [-0.3, -0.25) is 14.2 Å². The number of carbonyl (C=O) groups is 1. The Balaban J connectivity index is 2.29. The van der Waals surface area contributed by atoms with E-state index < -0.39 is 11.5 Å². The van der Waals surface area contributed by atoms with Crippen LogP contribution in [-0.2, 0) is 4.79 Å². The normalized spacial score (nSPS) is 12.8. The van der Waals surface area contributed by atoms with Crippen molar-refractivity contribution in [2.45, 2.75) is 40.2 Å². The van der Waals surface area contributed by atoms with E-state index in [9.17, 15) is 14.0 Å². The molecule has 0 radical (unpaired) electrons.